The molecule has 132 valence electrons. The van der Waals surface area contributed by atoms with Crippen LogP contribution in [0, 0.1) is 13.8 Å². The first-order valence-electron chi connectivity index (χ1n) is 8.13. The third-order valence-electron chi connectivity index (χ3n) is 3.92. The molecule has 0 fully saturated rings. The van der Waals surface area contributed by atoms with Crippen LogP contribution in [0.25, 0.3) is 0 Å². The minimum atomic E-state index is -0.345. The summed E-state index contributed by atoms with van der Waals surface area (Å²) in [5, 5.41) is 5.63. The SMILES string of the molecule is COCCCNC(=O)c1ccnc(C(=O)Nc2cccc(C)c2C)c1. The van der Waals surface area contributed by atoms with Crippen molar-refractivity contribution >= 4 is 17.5 Å². The van der Waals surface area contributed by atoms with E-state index in [0.717, 1.165) is 23.2 Å². The lowest BCUT2D eigenvalue weighted by atomic mass is 10.1. The Bertz CT molecular complexity index is 759. The fraction of sp³-hybridized carbons (Fsp3) is 0.316. The van der Waals surface area contributed by atoms with Crippen LogP contribution < -0.4 is 10.6 Å². The number of hydrogen-bond acceptors (Lipinski definition) is 4. The number of methoxy groups -OCH3 is 1. The number of nitrogens with one attached hydrogen (secondary N) is 2. The lowest BCUT2D eigenvalue weighted by molar-refractivity contribution is 0.0948. The first kappa shape index (κ1) is 18.6. The number of ether oxygens (including phenoxy) is 1. The quantitative estimate of drug-likeness (QED) is 0.759. The summed E-state index contributed by atoms with van der Waals surface area (Å²) in [6.07, 6.45) is 2.19. The van der Waals surface area contributed by atoms with Gasteiger partial charge >= 0.3 is 0 Å². The molecule has 0 aliphatic heterocycles. The predicted molar refractivity (Wildman–Crippen MR) is 96.9 cm³/mol. The zero-order valence-corrected chi connectivity index (χ0v) is 14.8. The van der Waals surface area contributed by atoms with Crippen LogP contribution in [0.1, 0.15) is 38.4 Å². The molecule has 2 aromatic rings. The summed E-state index contributed by atoms with van der Waals surface area (Å²) in [4.78, 5) is 28.6. The molecule has 0 saturated carbocycles. The van der Waals surface area contributed by atoms with E-state index in [9.17, 15) is 9.59 Å². The monoisotopic (exact) mass is 341 g/mol. The summed E-state index contributed by atoms with van der Waals surface area (Å²) in [7, 11) is 1.62. The van der Waals surface area contributed by atoms with E-state index in [-0.39, 0.29) is 17.5 Å². The molecule has 0 atom stereocenters. The van der Waals surface area contributed by atoms with Crippen molar-refractivity contribution in [3.63, 3.8) is 0 Å². The standard InChI is InChI=1S/C19H23N3O3/c1-13-6-4-7-16(14(13)2)22-19(24)17-12-15(8-10-20-17)18(23)21-9-5-11-25-3/h4,6-8,10,12H,5,9,11H2,1-3H3,(H,21,23)(H,22,24). The molecule has 6 nitrogen and oxygen atoms in total. The van der Waals surface area contributed by atoms with E-state index in [2.05, 4.69) is 15.6 Å². The first-order valence-corrected chi connectivity index (χ1v) is 8.13. The molecule has 1 aromatic heterocycles. The van der Waals surface area contributed by atoms with Gasteiger partial charge in [-0.3, -0.25) is 14.6 Å². The highest BCUT2D eigenvalue weighted by molar-refractivity contribution is 6.05. The molecule has 1 aromatic carbocycles. The fourth-order valence-electron chi connectivity index (χ4n) is 2.29. The average molecular weight is 341 g/mol. The molecule has 25 heavy (non-hydrogen) atoms. The third kappa shape index (κ3) is 5.12. The first-order chi connectivity index (χ1) is 12.0. The zero-order valence-electron chi connectivity index (χ0n) is 14.8. The summed E-state index contributed by atoms with van der Waals surface area (Å²) < 4.78 is 4.94. The Hall–Kier alpha value is -2.73. The summed E-state index contributed by atoms with van der Waals surface area (Å²) in [5.74, 6) is -0.581. The minimum Gasteiger partial charge on any atom is -0.385 e. The van der Waals surface area contributed by atoms with E-state index < -0.39 is 0 Å². The van der Waals surface area contributed by atoms with Crippen LogP contribution >= 0.6 is 0 Å². The van der Waals surface area contributed by atoms with Crippen molar-refractivity contribution in [1.82, 2.24) is 10.3 Å². The number of pyridine rings is 1. The second-order valence-corrected chi connectivity index (χ2v) is 5.73. The van der Waals surface area contributed by atoms with Gasteiger partial charge in [-0.2, -0.15) is 0 Å². The van der Waals surface area contributed by atoms with Crippen LogP contribution in [0.15, 0.2) is 36.5 Å². The van der Waals surface area contributed by atoms with Gasteiger partial charge in [0.25, 0.3) is 11.8 Å². The molecule has 0 saturated heterocycles. The fourth-order valence-corrected chi connectivity index (χ4v) is 2.29. The van der Waals surface area contributed by atoms with E-state index in [0.29, 0.717) is 18.7 Å². The molecule has 1 heterocycles. The summed E-state index contributed by atoms with van der Waals surface area (Å²) in [5.41, 5.74) is 3.43. The molecule has 6 heteroatoms. The minimum absolute atomic E-state index is 0.199. The van der Waals surface area contributed by atoms with Crippen molar-refractivity contribution in [1.29, 1.82) is 0 Å². The number of hydrogen-bond donors (Lipinski definition) is 2. The largest absolute Gasteiger partial charge is 0.385 e. The maximum absolute atomic E-state index is 12.4. The molecule has 0 unspecified atom stereocenters. The molecule has 0 radical (unpaired) electrons. The number of anilines is 1. The van der Waals surface area contributed by atoms with E-state index in [1.807, 2.05) is 32.0 Å². The number of amides is 2. The predicted octanol–water partition coefficient (Wildman–Crippen LogP) is 2.72. The van der Waals surface area contributed by atoms with Gasteiger partial charge in [0.1, 0.15) is 5.69 Å². The van der Waals surface area contributed by atoms with Crippen molar-refractivity contribution in [2.45, 2.75) is 20.3 Å². The number of carbonyl (C=O) groups is 2. The molecule has 2 rings (SSSR count). The molecule has 0 spiro atoms. The van der Waals surface area contributed by atoms with Crippen molar-refractivity contribution < 1.29 is 14.3 Å². The molecule has 2 amide bonds. The number of rotatable bonds is 7. The van der Waals surface area contributed by atoms with E-state index in [1.54, 1.807) is 13.2 Å². The van der Waals surface area contributed by atoms with Gasteiger partial charge in [-0.15, -0.1) is 0 Å². The third-order valence-corrected chi connectivity index (χ3v) is 3.92. The van der Waals surface area contributed by atoms with Crippen molar-refractivity contribution in [2.24, 2.45) is 0 Å². The summed E-state index contributed by atoms with van der Waals surface area (Å²) in [6.45, 7) is 5.03. The van der Waals surface area contributed by atoms with Crippen LogP contribution in [0.3, 0.4) is 0 Å². The Morgan fingerprint density at radius 1 is 1.16 bits per heavy atom. The number of aromatic nitrogens is 1. The molecule has 0 aliphatic carbocycles. The second-order valence-electron chi connectivity index (χ2n) is 5.73. The molecular weight excluding hydrogens is 318 g/mol. The Labute approximate surface area is 147 Å². The normalized spacial score (nSPS) is 10.4. The molecule has 0 aliphatic rings. The highest BCUT2D eigenvalue weighted by Crippen LogP contribution is 2.18. The lowest BCUT2D eigenvalue weighted by Gasteiger charge is -2.10. The number of nitrogens with zero attached hydrogens (tertiary/aromatic N) is 1. The van der Waals surface area contributed by atoms with Crippen LogP contribution in [0.5, 0.6) is 0 Å². The number of benzene rings is 1. The highest BCUT2D eigenvalue weighted by Gasteiger charge is 2.13. The van der Waals surface area contributed by atoms with E-state index in [4.69, 9.17) is 4.74 Å². The van der Waals surface area contributed by atoms with Gasteiger partial charge in [0.05, 0.1) is 0 Å². The Balaban J connectivity index is 2.06. The molecule has 2 N–H and O–H groups in total. The van der Waals surface area contributed by atoms with Crippen LogP contribution in [-0.4, -0.2) is 37.1 Å². The van der Waals surface area contributed by atoms with Crippen LogP contribution in [0.4, 0.5) is 5.69 Å². The van der Waals surface area contributed by atoms with Crippen molar-refractivity contribution in [3.05, 3.63) is 58.9 Å². The van der Waals surface area contributed by atoms with Gasteiger partial charge < -0.3 is 15.4 Å². The smallest absolute Gasteiger partial charge is 0.274 e. The number of carbonyl (C=O) groups excluding carboxylic acids is 2. The zero-order chi connectivity index (χ0) is 18.2. The Kier molecular flexibility index (Phi) is 6.65. The van der Waals surface area contributed by atoms with Crippen molar-refractivity contribution in [2.75, 3.05) is 25.6 Å². The topological polar surface area (TPSA) is 80.3 Å². The van der Waals surface area contributed by atoms with Gasteiger partial charge in [-0.1, -0.05) is 12.1 Å². The average Bonchev–Trinajstić information content (AvgIpc) is 2.62. The maximum Gasteiger partial charge on any atom is 0.274 e. The summed E-state index contributed by atoms with van der Waals surface area (Å²) >= 11 is 0. The van der Waals surface area contributed by atoms with Gasteiger partial charge in [-0.05, 0) is 49.6 Å². The van der Waals surface area contributed by atoms with E-state index >= 15 is 0 Å². The van der Waals surface area contributed by atoms with Gasteiger partial charge in [0.15, 0.2) is 0 Å². The maximum atomic E-state index is 12.4. The summed E-state index contributed by atoms with van der Waals surface area (Å²) in [6, 6.07) is 8.78. The second kappa shape index (κ2) is 8.94. The Morgan fingerprint density at radius 2 is 1.96 bits per heavy atom. The lowest BCUT2D eigenvalue weighted by Crippen LogP contribution is -2.26. The van der Waals surface area contributed by atoms with Crippen LogP contribution in [-0.2, 0) is 4.74 Å². The van der Waals surface area contributed by atoms with E-state index in [1.165, 1.54) is 12.3 Å². The van der Waals surface area contributed by atoms with Gasteiger partial charge in [0, 0.05) is 37.7 Å². The van der Waals surface area contributed by atoms with Gasteiger partial charge in [-0.25, -0.2) is 0 Å². The van der Waals surface area contributed by atoms with Crippen molar-refractivity contribution in [3.8, 4) is 0 Å². The Morgan fingerprint density at radius 3 is 2.72 bits per heavy atom. The van der Waals surface area contributed by atoms with Crippen LogP contribution in [0.2, 0.25) is 0 Å². The highest BCUT2D eigenvalue weighted by atomic mass is 16.5. The van der Waals surface area contributed by atoms with Gasteiger partial charge in [0.2, 0.25) is 0 Å². The molecule has 0 bridgehead atoms. The number of aryl methyl sites for hydroxylation is 1. The molecular formula is C19H23N3O3.